The van der Waals surface area contributed by atoms with Crippen molar-refractivity contribution in [2.45, 2.75) is 13.8 Å². The van der Waals surface area contributed by atoms with Gasteiger partial charge in [-0.3, -0.25) is 0 Å². The summed E-state index contributed by atoms with van der Waals surface area (Å²) in [5.41, 5.74) is 1.48. The number of allylic oxidation sites excluding steroid dienone is 1. The Labute approximate surface area is 108 Å². The van der Waals surface area contributed by atoms with Gasteiger partial charge in [-0.25, -0.2) is 0 Å². The third-order valence-corrected chi connectivity index (χ3v) is 1.04. The van der Waals surface area contributed by atoms with Gasteiger partial charge in [-0.15, -0.1) is 0 Å². The summed E-state index contributed by atoms with van der Waals surface area (Å²) in [5.74, 6) is 0. The van der Waals surface area contributed by atoms with Crippen LogP contribution >= 0.6 is 0 Å². The van der Waals surface area contributed by atoms with Crippen molar-refractivity contribution in [3.8, 4) is 0 Å². The molecule has 3 N–H and O–H groups in total. The molecule has 0 heterocycles. The maximum Gasteiger partial charge on any atom is 0.0676 e. The van der Waals surface area contributed by atoms with E-state index in [9.17, 15) is 0 Å². The van der Waals surface area contributed by atoms with E-state index in [1.54, 1.807) is 19.2 Å². The molecule has 0 saturated heterocycles. The topological polar surface area (TPSA) is 52.5 Å². The van der Waals surface area contributed by atoms with Gasteiger partial charge in [0.1, 0.15) is 0 Å². The second kappa shape index (κ2) is 23.4. The van der Waals surface area contributed by atoms with Gasteiger partial charge in [-0.2, -0.15) is 0 Å². The fourth-order valence-corrected chi connectivity index (χ4v) is 0.354. The number of likely N-dealkylation sites (N-methyl/N-ethyl adjacent to an activating group) is 1. The van der Waals surface area contributed by atoms with Gasteiger partial charge in [-0.05, 0) is 11.6 Å². The predicted octanol–water partition coefficient (Wildman–Crippen LogP) is 1.46. The van der Waals surface area contributed by atoms with E-state index >= 15 is 0 Å². The minimum Gasteiger partial charge on any atom is -0.400 e. The number of aliphatic hydroxyl groups excluding tert-OH is 2. The van der Waals surface area contributed by atoms with Crippen LogP contribution in [0.4, 0.5) is 0 Å². The van der Waals surface area contributed by atoms with Crippen LogP contribution in [0.2, 0.25) is 0 Å². The third kappa shape index (κ3) is 24.8. The van der Waals surface area contributed by atoms with Gasteiger partial charge < -0.3 is 15.5 Å². The fraction of sp³-hybridized carbons (Fsp3) is 0.455. The van der Waals surface area contributed by atoms with Gasteiger partial charge in [0, 0.05) is 40.9 Å². The largest absolute Gasteiger partial charge is 0.400 e. The van der Waals surface area contributed by atoms with E-state index in [4.69, 9.17) is 10.2 Å². The molecular formula is C11H23NO2W. The summed E-state index contributed by atoms with van der Waals surface area (Å²) in [6, 6.07) is 0. The molecular weight excluding hydrogens is 362 g/mol. The molecule has 15 heavy (non-hydrogen) atoms. The normalized spacial score (nSPS) is 7.33. The average Bonchev–Trinajstić information content (AvgIpc) is 2.30. The Balaban J connectivity index is -0.000000107. The molecule has 0 aliphatic heterocycles. The minimum absolute atomic E-state index is 0. The number of hydrogen-bond acceptors (Lipinski definition) is 3. The Morgan fingerprint density at radius 3 is 1.87 bits per heavy atom. The Hall–Kier alpha value is -0.372. The van der Waals surface area contributed by atoms with E-state index < -0.39 is 0 Å². The van der Waals surface area contributed by atoms with Crippen molar-refractivity contribution >= 4 is 0 Å². The smallest absolute Gasteiger partial charge is 0.0676 e. The molecule has 0 saturated carbocycles. The summed E-state index contributed by atoms with van der Waals surface area (Å²) in [5, 5.41) is 18.4. The van der Waals surface area contributed by atoms with Crippen LogP contribution in [0.25, 0.3) is 0 Å². The quantitative estimate of drug-likeness (QED) is 0.643. The van der Waals surface area contributed by atoms with Gasteiger partial charge >= 0.3 is 0 Å². The standard InChI is InChI=1S/C8H13NO.C2H6.CH4O.W/c1-7(6-10)4-5-8(2)9-3;2*1-2;/h4-5,9-10H,1-2,6H2,3H3;1-2H3;2H,1H3;/b5-4-;;;. The summed E-state index contributed by atoms with van der Waals surface area (Å²) in [6.07, 6.45) is 3.48. The van der Waals surface area contributed by atoms with Gasteiger partial charge in [-0.1, -0.05) is 33.1 Å². The maximum atomic E-state index is 8.52. The van der Waals surface area contributed by atoms with Crippen LogP contribution in [0.3, 0.4) is 0 Å². The number of nitrogens with one attached hydrogen (secondary N) is 1. The molecule has 90 valence electrons. The summed E-state index contributed by atoms with van der Waals surface area (Å²) >= 11 is 0. The Morgan fingerprint density at radius 2 is 1.60 bits per heavy atom. The van der Waals surface area contributed by atoms with Crippen molar-refractivity contribution < 1.29 is 31.3 Å². The molecule has 0 aliphatic rings. The van der Waals surface area contributed by atoms with Crippen molar-refractivity contribution in [1.82, 2.24) is 5.32 Å². The number of rotatable bonds is 4. The molecule has 0 radical (unpaired) electrons. The van der Waals surface area contributed by atoms with E-state index in [-0.39, 0.29) is 27.7 Å². The molecule has 0 rings (SSSR count). The predicted molar refractivity (Wildman–Crippen MR) is 63.1 cm³/mol. The molecule has 0 aromatic rings. The SMILES string of the molecule is C=C(/C=C\C(=C)NC)CO.CC.CO.[W]. The number of hydrogen-bond donors (Lipinski definition) is 3. The zero-order valence-electron chi connectivity index (χ0n) is 10.1. The second-order valence-electron chi connectivity index (χ2n) is 1.92. The summed E-state index contributed by atoms with van der Waals surface area (Å²) in [4.78, 5) is 0. The molecule has 0 amide bonds. The van der Waals surface area contributed by atoms with Crippen LogP contribution in [-0.2, 0) is 21.1 Å². The van der Waals surface area contributed by atoms with Crippen molar-refractivity contribution in [1.29, 1.82) is 0 Å². The zero-order valence-corrected chi connectivity index (χ0v) is 13.0. The fourth-order valence-electron chi connectivity index (χ4n) is 0.354. The molecule has 0 aliphatic carbocycles. The Kier molecular flexibility index (Phi) is 37.6. The molecule has 3 nitrogen and oxygen atoms in total. The third-order valence-electron chi connectivity index (χ3n) is 1.04. The average molecular weight is 385 g/mol. The van der Waals surface area contributed by atoms with Gasteiger partial charge in [0.2, 0.25) is 0 Å². The van der Waals surface area contributed by atoms with Crippen LogP contribution in [0, 0.1) is 0 Å². The molecule has 0 unspecified atom stereocenters. The van der Waals surface area contributed by atoms with Gasteiger partial charge in [0.15, 0.2) is 0 Å². The molecule has 4 heteroatoms. The van der Waals surface area contributed by atoms with Crippen LogP contribution in [0.15, 0.2) is 36.6 Å². The van der Waals surface area contributed by atoms with E-state index in [1.165, 1.54) is 0 Å². The zero-order chi connectivity index (χ0) is 12.0. The molecule has 0 aromatic heterocycles. The summed E-state index contributed by atoms with van der Waals surface area (Å²) in [6.45, 7) is 11.2. The molecule has 0 spiro atoms. The van der Waals surface area contributed by atoms with Crippen LogP contribution < -0.4 is 5.32 Å². The first-order valence-electron chi connectivity index (χ1n) is 4.48. The Morgan fingerprint density at radius 1 is 1.20 bits per heavy atom. The van der Waals surface area contributed by atoms with Crippen LogP contribution in [0.5, 0.6) is 0 Å². The first-order valence-corrected chi connectivity index (χ1v) is 4.48. The molecule has 0 bridgehead atoms. The van der Waals surface area contributed by atoms with Crippen molar-refractivity contribution in [2.24, 2.45) is 0 Å². The first kappa shape index (κ1) is 24.1. The van der Waals surface area contributed by atoms with E-state index in [0.717, 1.165) is 12.8 Å². The number of aliphatic hydroxyl groups is 2. The monoisotopic (exact) mass is 385 g/mol. The van der Waals surface area contributed by atoms with E-state index in [0.29, 0.717) is 5.57 Å². The van der Waals surface area contributed by atoms with Crippen molar-refractivity contribution in [3.05, 3.63) is 36.6 Å². The van der Waals surface area contributed by atoms with Crippen LogP contribution in [-0.4, -0.2) is 31.0 Å². The summed E-state index contributed by atoms with van der Waals surface area (Å²) in [7, 11) is 2.79. The first-order chi connectivity index (χ1) is 6.70. The maximum absolute atomic E-state index is 8.52. The Bertz CT molecular complexity index is 150. The molecule has 0 aromatic carbocycles. The summed E-state index contributed by atoms with van der Waals surface area (Å²) < 4.78 is 0. The van der Waals surface area contributed by atoms with E-state index in [2.05, 4.69) is 18.5 Å². The molecule has 0 fully saturated rings. The van der Waals surface area contributed by atoms with Gasteiger partial charge in [0.05, 0.1) is 6.61 Å². The second-order valence-corrected chi connectivity index (χ2v) is 1.92. The van der Waals surface area contributed by atoms with Crippen LogP contribution in [0.1, 0.15) is 13.8 Å². The van der Waals surface area contributed by atoms with Crippen molar-refractivity contribution in [2.75, 3.05) is 20.8 Å². The minimum atomic E-state index is -0.00645. The molecule has 0 atom stereocenters. The van der Waals surface area contributed by atoms with E-state index in [1.807, 2.05) is 13.8 Å². The van der Waals surface area contributed by atoms with Crippen molar-refractivity contribution in [3.63, 3.8) is 0 Å². The van der Waals surface area contributed by atoms with Gasteiger partial charge in [0.25, 0.3) is 0 Å².